The molecule has 0 aliphatic carbocycles. The van der Waals surface area contributed by atoms with Crippen molar-refractivity contribution in [2.45, 2.75) is 43.5 Å². The number of phosphoric ester groups is 1. The predicted octanol–water partition coefficient (Wildman–Crippen LogP) is -1.24. The smallest absolute Gasteiger partial charge is 0.387 e. The zero-order valence-corrected chi connectivity index (χ0v) is 19.6. The number of rotatable bonds is 9. The fourth-order valence-electron chi connectivity index (χ4n) is 3.02. The molecule has 6 atom stereocenters. The van der Waals surface area contributed by atoms with E-state index in [1.165, 1.54) is 4.98 Å². The van der Waals surface area contributed by atoms with Crippen LogP contribution in [0, 0.1) is 5.82 Å². The van der Waals surface area contributed by atoms with Crippen LogP contribution in [0.2, 0.25) is 0 Å². The summed E-state index contributed by atoms with van der Waals surface area (Å²) in [6, 6.07) is 0. The number of ether oxygens (including phenoxy) is 1. The molecule has 0 aromatic carbocycles. The quantitative estimate of drug-likeness (QED) is 0.174. The number of halogens is 2. The van der Waals surface area contributed by atoms with Crippen LogP contribution in [0.5, 0.6) is 0 Å². The van der Waals surface area contributed by atoms with Crippen LogP contribution in [0.15, 0.2) is 15.8 Å². The van der Waals surface area contributed by atoms with Crippen molar-refractivity contribution in [1.82, 2.24) is 9.55 Å². The number of H-pyrrole nitrogens is 1. The Morgan fingerprint density at radius 2 is 1.74 bits per heavy atom. The predicted molar refractivity (Wildman–Crippen MR) is 101 cm³/mol. The first-order valence-corrected chi connectivity index (χ1v) is 13.1. The van der Waals surface area contributed by atoms with Crippen molar-refractivity contribution in [3.05, 3.63) is 32.9 Å². The van der Waals surface area contributed by atoms with Crippen LogP contribution in [0.4, 0.5) is 8.78 Å². The summed E-state index contributed by atoms with van der Waals surface area (Å²) < 4.78 is 78.9. The number of aliphatic hydroxyl groups is 2. The minimum atomic E-state index is -5.91. The van der Waals surface area contributed by atoms with Crippen molar-refractivity contribution in [3.63, 3.8) is 0 Å². The second-order valence-electron chi connectivity index (χ2n) is 7.41. The minimum Gasteiger partial charge on any atom is -0.387 e. The summed E-state index contributed by atoms with van der Waals surface area (Å²) in [4.78, 5) is 60.8. The summed E-state index contributed by atoms with van der Waals surface area (Å²) in [5, 5.41) is 21.0. The third kappa shape index (κ3) is 6.33. The van der Waals surface area contributed by atoms with Gasteiger partial charge in [0.2, 0.25) is 5.82 Å². The van der Waals surface area contributed by atoms with E-state index < -0.39 is 76.8 Å². The SMILES string of the molecule is CC(C)(OP(=O)(O)OP(=O)(O)OP(=O)(O)O)[C@H]1O[C@@H](n2cc(F)c(=O)[nH]c2=O)[C@@](O)(CF)C1O. The lowest BCUT2D eigenvalue weighted by Gasteiger charge is -2.34. The van der Waals surface area contributed by atoms with Gasteiger partial charge in [-0.1, -0.05) is 0 Å². The van der Waals surface area contributed by atoms with E-state index in [0.717, 1.165) is 13.8 Å². The van der Waals surface area contributed by atoms with Crippen LogP contribution in [0.3, 0.4) is 0 Å². The molecule has 196 valence electrons. The molecule has 0 saturated carbocycles. The van der Waals surface area contributed by atoms with Gasteiger partial charge in [0, 0.05) is 0 Å². The highest BCUT2D eigenvalue weighted by atomic mass is 31.3. The largest absolute Gasteiger partial charge is 0.490 e. The molecule has 34 heavy (non-hydrogen) atoms. The average Bonchev–Trinajstić information content (AvgIpc) is 2.87. The van der Waals surface area contributed by atoms with E-state index in [2.05, 4.69) is 13.1 Å². The topological polar surface area (TPSA) is 264 Å². The molecule has 0 spiro atoms. The Balaban J connectivity index is 2.39. The minimum absolute atomic E-state index is 0.181. The number of aromatic nitrogens is 2. The van der Waals surface area contributed by atoms with Crippen LogP contribution in [-0.2, 0) is 31.6 Å². The van der Waals surface area contributed by atoms with Crippen LogP contribution in [0.25, 0.3) is 0 Å². The molecule has 2 heterocycles. The molecule has 0 radical (unpaired) electrons. The van der Waals surface area contributed by atoms with Gasteiger partial charge in [0.1, 0.15) is 24.5 Å². The molecule has 1 fully saturated rings. The van der Waals surface area contributed by atoms with Gasteiger partial charge < -0.3 is 34.5 Å². The zero-order chi connectivity index (χ0) is 26.5. The van der Waals surface area contributed by atoms with Crippen LogP contribution < -0.4 is 11.2 Å². The number of hydrogen-bond donors (Lipinski definition) is 7. The lowest BCUT2D eigenvalue weighted by atomic mass is 9.88. The van der Waals surface area contributed by atoms with Crippen molar-refractivity contribution in [1.29, 1.82) is 0 Å². The summed E-state index contributed by atoms with van der Waals surface area (Å²) in [5.41, 5.74) is -8.25. The summed E-state index contributed by atoms with van der Waals surface area (Å²) in [7, 11) is -17.4. The van der Waals surface area contributed by atoms with Gasteiger partial charge in [0.25, 0.3) is 5.56 Å². The van der Waals surface area contributed by atoms with Gasteiger partial charge in [-0.05, 0) is 13.8 Å². The lowest BCUT2D eigenvalue weighted by Crippen LogP contribution is -2.54. The summed E-state index contributed by atoms with van der Waals surface area (Å²) in [6.07, 6.45) is -6.44. The van der Waals surface area contributed by atoms with Crippen molar-refractivity contribution >= 4 is 23.5 Å². The molecule has 3 unspecified atom stereocenters. The molecular weight excluding hydrogens is 543 g/mol. The first-order chi connectivity index (χ1) is 15.1. The Morgan fingerprint density at radius 3 is 2.24 bits per heavy atom. The summed E-state index contributed by atoms with van der Waals surface area (Å²) >= 11 is 0. The number of nitrogens with zero attached hydrogens (tertiary/aromatic N) is 1. The van der Waals surface area contributed by atoms with Gasteiger partial charge in [0.05, 0.1) is 6.20 Å². The molecule has 2 rings (SSSR count). The molecule has 1 aromatic rings. The standard InChI is InChI=1S/C12H19F2N2O15P3/c1-11(2,29-33(24,25)31-34(26,27)30-32(21,22)23)7-6(17)12(20,4-13)9(28-7)16-3-5(14)8(18)15-10(16)19/h3,6-7,9,17,20H,4H2,1-2H3,(H,24,25)(H,26,27)(H,15,18,19)(H2,21,22,23)/t6?,7-,9+,12+/m0/s1. The van der Waals surface area contributed by atoms with Crippen molar-refractivity contribution in [2.75, 3.05) is 6.67 Å². The van der Waals surface area contributed by atoms with Crippen molar-refractivity contribution in [2.24, 2.45) is 0 Å². The molecule has 0 bridgehead atoms. The molecule has 22 heteroatoms. The normalized spacial score (nSPS) is 29.5. The van der Waals surface area contributed by atoms with E-state index in [-0.39, 0.29) is 10.8 Å². The highest BCUT2D eigenvalue weighted by Crippen LogP contribution is 2.67. The molecule has 1 aromatic heterocycles. The first kappa shape index (κ1) is 29.1. The number of alkyl halides is 1. The van der Waals surface area contributed by atoms with Crippen LogP contribution in [0.1, 0.15) is 20.1 Å². The fraction of sp³-hybridized carbons (Fsp3) is 0.667. The summed E-state index contributed by atoms with van der Waals surface area (Å²) in [6.45, 7) is -0.124. The molecule has 1 aliphatic rings. The number of aromatic amines is 1. The van der Waals surface area contributed by atoms with Gasteiger partial charge in [-0.2, -0.15) is 13.0 Å². The highest BCUT2D eigenvalue weighted by molar-refractivity contribution is 7.66. The van der Waals surface area contributed by atoms with Gasteiger partial charge in [-0.15, -0.1) is 0 Å². The molecule has 7 N–H and O–H groups in total. The third-order valence-electron chi connectivity index (χ3n) is 4.34. The van der Waals surface area contributed by atoms with Crippen LogP contribution >= 0.6 is 23.5 Å². The number of phosphoric acid groups is 3. The molecule has 17 nitrogen and oxygen atoms in total. The van der Waals surface area contributed by atoms with E-state index in [1.54, 1.807) is 0 Å². The number of hydrogen-bond acceptors (Lipinski definition) is 11. The monoisotopic (exact) mass is 562 g/mol. The van der Waals surface area contributed by atoms with Crippen molar-refractivity contribution in [3.8, 4) is 0 Å². The van der Waals surface area contributed by atoms with E-state index in [9.17, 15) is 52.1 Å². The van der Waals surface area contributed by atoms with E-state index >= 15 is 0 Å². The Kier molecular flexibility index (Phi) is 8.01. The lowest BCUT2D eigenvalue weighted by molar-refractivity contribution is -0.129. The van der Waals surface area contributed by atoms with Gasteiger partial charge >= 0.3 is 29.2 Å². The average molecular weight is 562 g/mol. The van der Waals surface area contributed by atoms with Gasteiger partial charge in [-0.3, -0.25) is 18.9 Å². The van der Waals surface area contributed by atoms with Gasteiger partial charge in [0.15, 0.2) is 11.8 Å². The van der Waals surface area contributed by atoms with Crippen LogP contribution in [-0.4, -0.2) is 69.4 Å². The Hall–Kier alpha value is -1.17. The Morgan fingerprint density at radius 1 is 1.18 bits per heavy atom. The van der Waals surface area contributed by atoms with E-state index in [4.69, 9.17) is 14.5 Å². The Bertz CT molecular complexity index is 1200. The molecule has 1 aliphatic heterocycles. The second kappa shape index (κ2) is 9.37. The van der Waals surface area contributed by atoms with Crippen molar-refractivity contribution < 1.29 is 70.1 Å². The second-order valence-corrected chi connectivity index (χ2v) is 11.8. The molecular formula is C12H19F2N2O15P3. The van der Waals surface area contributed by atoms with Gasteiger partial charge in [-0.25, -0.2) is 22.9 Å². The molecule has 1 saturated heterocycles. The zero-order valence-electron chi connectivity index (χ0n) is 16.9. The molecule has 0 amide bonds. The fourth-order valence-corrected chi connectivity index (χ4v) is 6.35. The number of aliphatic hydroxyl groups excluding tert-OH is 1. The maximum atomic E-state index is 13.8. The maximum Gasteiger partial charge on any atom is 0.490 e. The third-order valence-corrected chi connectivity index (χ3v) is 8.37. The van der Waals surface area contributed by atoms with E-state index in [0.29, 0.717) is 0 Å². The first-order valence-electron chi connectivity index (χ1n) is 8.61. The maximum absolute atomic E-state index is 13.8. The van der Waals surface area contributed by atoms with E-state index in [1.807, 2.05) is 0 Å². The Labute approximate surface area is 187 Å². The summed E-state index contributed by atoms with van der Waals surface area (Å²) in [5.74, 6) is -1.56. The number of nitrogens with one attached hydrogen (secondary N) is 1. The highest BCUT2D eigenvalue weighted by Gasteiger charge is 2.62.